The minimum Gasteiger partial charge on any atom is -0.388 e. The molecule has 0 aromatic heterocycles. The molecule has 2 rings (SSSR count). The Balaban J connectivity index is 2.42. The van der Waals surface area contributed by atoms with E-state index < -0.39 is 10.0 Å². The van der Waals surface area contributed by atoms with Gasteiger partial charge in [0.05, 0.1) is 11.5 Å². The molecule has 21 heavy (non-hydrogen) atoms. The SMILES string of the molecule is CNc1cc(C)c(S(=O)(=O)N(CCOC)C2CC2)c(C)c1. The van der Waals surface area contributed by atoms with E-state index in [-0.39, 0.29) is 6.04 Å². The van der Waals surface area contributed by atoms with Crippen LogP contribution in [0.1, 0.15) is 24.0 Å². The third-order valence-electron chi connectivity index (χ3n) is 3.79. The molecule has 118 valence electrons. The molecule has 0 radical (unpaired) electrons. The lowest BCUT2D eigenvalue weighted by molar-refractivity contribution is 0.177. The zero-order chi connectivity index (χ0) is 15.6. The van der Waals surface area contributed by atoms with E-state index in [1.807, 2.05) is 33.0 Å². The number of methoxy groups -OCH3 is 1. The number of benzene rings is 1. The first kappa shape index (κ1) is 16.3. The van der Waals surface area contributed by atoms with Crippen LogP contribution in [0.2, 0.25) is 0 Å². The largest absolute Gasteiger partial charge is 0.388 e. The molecule has 5 nitrogen and oxygen atoms in total. The first-order chi connectivity index (χ1) is 9.91. The Morgan fingerprint density at radius 1 is 1.29 bits per heavy atom. The second kappa shape index (κ2) is 6.34. The van der Waals surface area contributed by atoms with Crippen molar-refractivity contribution < 1.29 is 13.2 Å². The average Bonchev–Trinajstić information content (AvgIpc) is 3.22. The van der Waals surface area contributed by atoms with Gasteiger partial charge in [0.2, 0.25) is 10.0 Å². The molecule has 0 atom stereocenters. The molecule has 1 aromatic rings. The number of nitrogens with one attached hydrogen (secondary N) is 1. The van der Waals surface area contributed by atoms with Crippen molar-refractivity contribution in [1.82, 2.24) is 4.31 Å². The Bertz CT molecular complexity index is 586. The topological polar surface area (TPSA) is 58.6 Å². The summed E-state index contributed by atoms with van der Waals surface area (Å²) in [7, 11) is -0.0468. The fraction of sp³-hybridized carbons (Fsp3) is 0.600. The summed E-state index contributed by atoms with van der Waals surface area (Å²) in [6.07, 6.45) is 1.88. The summed E-state index contributed by atoms with van der Waals surface area (Å²) in [5.74, 6) is 0. The molecule has 0 aliphatic heterocycles. The molecule has 1 saturated carbocycles. The first-order valence-electron chi connectivity index (χ1n) is 7.21. The summed E-state index contributed by atoms with van der Waals surface area (Å²) in [5, 5.41) is 3.06. The smallest absolute Gasteiger partial charge is 0.243 e. The zero-order valence-electron chi connectivity index (χ0n) is 13.1. The second-order valence-electron chi connectivity index (χ2n) is 5.53. The minimum absolute atomic E-state index is 0.132. The third-order valence-corrected chi connectivity index (χ3v) is 6.04. The molecule has 1 aromatic carbocycles. The van der Waals surface area contributed by atoms with Gasteiger partial charge in [0.15, 0.2) is 0 Å². The van der Waals surface area contributed by atoms with Crippen molar-refractivity contribution in [1.29, 1.82) is 0 Å². The van der Waals surface area contributed by atoms with Crippen molar-refractivity contribution in [3.8, 4) is 0 Å². The summed E-state index contributed by atoms with van der Waals surface area (Å²) < 4.78 is 32.7. The van der Waals surface area contributed by atoms with Crippen LogP contribution in [0, 0.1) is 13.8 Å². The Morgan fingerprint density at radius 2 is 1.86 bits per heavy atom. The van der Waals surface area contributed by atoms with Crippen LogP contribution in [-0.4, -0.2) is 46.1 Å². The van der Waals surface area contributed by atoms with Crippen LogP contribution in [0.3, 0.4) is 0 Å². The highest BCUT2D eigenvalue weighted by atomic mass is 32.2. The molecule has 1 fully saturated rings. The van der Waals surface area contributed by atoms with Gasteiger partial charge in [0.1, 0.15) is 0 Å². The van der Waals surface area contributed by atoms with Crippen molar-refractivity contribution in [2.24, 2.45) is 0 Å². The number of rotatable bonds is 7. The van der Waals surface area contributed by atoms with Crippen LogP contribution in [-0.2, 0) is 14.8 Å². The van der Waals surface area contributed by atoms with Crippen molar-refractivity contribution in [2.45, 2.75) is 37.6 Å². The highest BCUT2D eigenvalue weighted by molar-refractivity contribution is 7.89. The van der Waals surface area contributed by atoms with E-state index in [4.69, 9.17) is 4.74 Å². The molecule has 0 heterocycles. The molecule has 1 aliphatic carbocycles. The lowest BCUT2D eigenvalue weighted by Crippen LogP contribution is -2.36. The van der Waals surface area contributed by atoms with E-state index in [0.29, 0.717) is 18.0 Å². The van der Waals surface area contributed by atoms with E-state index in [0.717, 1.165) is 29.7 Å². The van der Waals surface area contributed by atoms with Crippen molar-refractivity contribution in [3.05, 3.63) is 23.3 Å². The Hall–Kier alpha value is -1.11. The standard InChI is InChI=1S/C15H24N2O3S/c1-11-9-13(16-3)10-12(2)15(11)21(18,19)17(7-8-20-4)14-5-6-14/h9-10,14,16H,5-8H2,1-4H3. The molecule has 0 unspecified atom stereocenters. The number of sulfonamides is 1. The first-order valence-corrected chi connectivity index (χ1v) is 8.65. The van der Waals surface area contributed by atoms with Gasteiger partial charge in [-0.05, 0) is 49.9 Å². The van der Waals surface area contributed by atoms with E-state index in [1.165, 1.54) is 0 Å². The van der Waals surface area contributed by atoms with Gasteiger partial charge in [-0.25, -0.2) is 8.42 Å². The summed E-state index contributed by atoms with van der Waals surface area (Å²) >= 11 is 0. The van der Waals surface area contributed by atoms with Crippen LogP contribution < -0.4 is 5.32 Å². The number of nitrogens with zero attached hydrogens (tertiary/aromatic N) is 1. The van der Waals surface area contributed by atoms with Gasteiger partial charge >= 0.3 is 0 Å². The van der Waals surface area contributed by atoms with Gasteiger partial charge < -0.3 is 10.1 Å². The van der Waals surface area contributed by atoms with Gasteiger partial charge in [-0.3, -0.25) is 0 Å². The Labute approximate surface area is 127 Å². The van der Waals surface area contributed by atoms with E-state index >= 15 is 0 Å². The van der Waals surface area contributed by atoms with Crippen LogP contribution in [0.25, 0.3) is 0 Å². The Morgan fingerprint density at radius 3 is 2.29 bits per heavy atom. The van der Waals surface area contributed by atoms with Crippen LogP contribution in [0.5, 0.6) is 0 Å². The van der Waals surface area contributed by atoms with Crippen molar-refractivity contribution >= 4 is 15.7 Å². The number of hydrogen-bond acceptors (Lipinski definition) is 4. The third kappa shape index (κ3) is 3.39. The van der Waals surface area contributed by atoms with E-state index in [2.05, 4.69) is 5.32 Å². The normalized spacial score (nSPS) is 15.5. The zero-order valence-corrected chi connectivity index (χ0v) is 14.0. The van der Waals surface area contributed by atoms with Gasteiger partial charge in [0.25, 0.3) is 0 Å². The molecule has 1 N–H and O–H groups in total. The maximum Gasteiger partial charge on any atom is 0.243 e. The summed E-state index contributed by atoms with van der Waals surface area (Å²) in [6.45, 7) is 4.53. The molecular weight excluding hydrogens is 288 g/mol. The summed E-state index contributed by atoms with van der Waals surface area (Å²) in [5.41, 5.74) is 2.49. The van der Waals surface area contributed by atoms with Gasteiger partial charge in [-0.1, -0.05) is 0 Å². The van der Waals surface area contributed by atoms with Crippen LogP contribution in [0.4, 0.5) is 5.69 Å². The predicted octanol–water partition coefficient (Wildman–Crippen LogP) is 2.14. The van der Waals surface area contributed by atoms with Crippen molar-refractivity contribution in [3.63, 3.8) is 0 Å². The number of anilines is 1. The highest BCUT2D eigenvalue weighted by Crippen LogP contribution is 2.34. The molecule has 1 aliphatic rings. The molecule has 0 saturated heterocycles. The van der Waals surface area contributed by atoms with E-state index in [9.17, 15) is 8.42 Å². The number of ether oxygens (including phenoxy) is 1. The minimum atomic E-state index is -3.47. The molecule has 0 amide bonds. The van der Waals surface area contributed by atoms with Crippen LogP contribution in [0.15, 0.2) is 17.0 Å². The van der Waals surface area contributed by atoms with Gasteiger partial charge in [0, 0.05) is 32.4 Å². The van der Waals surface area contributed by atoms with Gasteiger partial charge in [-0.2, -0.15) is 4.31 Å². The fourth-order valence-electron chi connectivity index (χ4n) is 2.66. The number of hydrogen-bond donors (Lipinski definition) is 1. The van der Waals surface area contributed by atoms with Crippen molar-refractivity contribution in [2.75, 3.05) is 32.6 Å². The van der Waals surface area contributed by atoms with Gasteiger partial charge in [-0.15, -0.1) is 0 Å². The maximum absolute atomic E-state index is 13.0. The van der Waals surface area contributed by atoms with Crippen LogP contribution >= 0.6 is 0 Å². The molecule has 6 heteroatoms. The number of aryl methyl sites for hydroxylation is 2. The lowest BCUT2D eigenvalue weighted by Gasteiger charge is -2.24. The molecular formula is C15H24N2O3S. The second-order valence-corrected chi connectivity index (χ2v) is 7.36. The quantitative estimate of drug-likeness (QED) is 0.838. The molecule has 0 bridgehead atoms. The molecule has 0 spiro atoms. The average molecular weight is 312 g/mol. The lowest BCUT2D eigenvalue weighted by atomic mass is 10.1. The summed E-state index contributed by atoms with van der Waals surface area (Å²) in [6, 6.07) is 3.88. The maximum atomic E-state index is 13.0. The Kier molecular flexibility index (Phi) is 4.91. The monoisotopic (exact) mass is 312 g/mol. The fourth-order valence-corrected chi connectivity index (χ4v) is 4.75. The van der Waals surface area contributed by atoms with E-state index in [1.54, 1.807) is 11.4 Å². The highest BCUT2D eigenvalue weighted by Gasteiger charge is 2.39. The summed E-state index contributed by atoms with van der Waals surface area (Å²) in [4.78, 5) is 0.435. The predicted molar refractivity (Wildman–Crippen MR) is 84.3 cm³/mol.